The number of carbonyl (C=O) groups excluding carboxylic acids is 1. The van der Waals surface area contributed by atoms with E-state index in [0.717, 1.165) is 0 Å². The molecule has 110 valence electrons. The zero-order chi connectivity index (χ0) is 14.0. The van der Waals surface area contributed by atoms with E-state index < -0.39 is 10.0 Å². The van der Waals surface area contributed by atoms with Gasteiger partial charge in [-0.15, -0.1) is 0 Å². The summed E-state index contributed by atoms with van der Waals surface area (Å²) in [6.45, 7) is 3.52. The van der Waals surface area contributed by atoms with Crippen LogP contribution in [-0.2, 0) is 24.3 Å². The second-order valence-corrected chi connectivity index (χ2v) is 7.49. The van der Waals surface area contributed by atoms with E-state index in [-0.39, 0.29) is 29.6 Å². The van der Waals surface area contributed by atoms with Gasteiger partial charge in [-0.1, -0.05) is 6.92 Å². The van der Waals surface area contributed by atoms with Gasteiger partial charge in [-0.05, 0) is 18.8 Å². The van der Waals surface area contributed by atoms with Crippen LogP contribution in [0.3, 0.4) is 0 Å². The molecule has 0 aliphatic carbocycles. The second kappa shape index (κ2) is 5.76. The van der Waals surface area contributed by atoms with E-state index in [0.29, 0.717) is 32.6 Å². The van der Waals surface area contributed by atoms with Crippen molar-refractivity contribution < 1.29 is 22.7 Å². The van der Waals surface area contributed by atoms with Crippen molar-refractivity contribution in [3.05, 3.63) is 0 Å². The first-order valence-corrected chi connectivity index (χ1v) is 8.11. The molecule has 0 aromatic carbocycles. The first-order valence-electron chi connectivity index (χ1n) is 6.61. The minimum Gasteiger partial charge on any atom is -0.469 e. The summed E-state index contributed by atoms with van der Waals surface area (Å²) in [7, 11) is -1.99. The summed E-state index contributed by atoms with van der Waals surface area (Å²) >= 11 is 0. The fraction of sp³-hybridized carbons (Fsp3) is 0.917. The van der Waals surface area contributed by atoms with E-state index in [1.54, 1.807) is 0 Å². The second-order valence-electron chi connectivity index (χ2n) is 5.28. The first-order chi connectivity index (χ1) is 8.96. The zero-order valence-electron chi connectivity index (χ0n) is 11.4. The van der Waals surface area contributed by atoms with E-state index in [9.17, 15) is 13.2 Å². The zero-order valence-corrected chi connectivity index (χ0v) is 12.2. The summed E-state index contributed by atoms with van der Waals surface area (Å²) in [6, 6.07) is 0. The van der Waals surface area contributed by atoms with Crippen LogP contribution in [0.25, 0.3) is 0 Å². The van der Waals surface area contributed by atoms with Gasteiger partial charge in [-0.2, -0.15) is 0 Å². The van der Waals surface area contributed by atoms with Crippen LogP contribution in [0, 0.1) is 11.8 Å². The topological polar surface area (TPSA) is 72.9 Å². The molecule has 0 spiro atoms. The maximum Gasteiger partial charge on any atom is 0.310 e. The first kappa shape index (κ1) is 14.7. The standard InChI is InChI=1S/C12H21NO5S/c1-9-7-13(8-11(9)12(14)17-2)19(15,16)10-3-5-18-6-4-10/h9-11H,3-8H2,1-2H3. The molecule has 7 heteroatoms. The molecule has 0 N–H and O–H groups in total. The lowest BCUT2D eigenvalue weighted by Crippen LogP contribution is -2.40. The molecular weight excluding hydrogens is 270 g/mol. The Morgan fingerprint density at radius 1 is 1.26 bits per heavy atom. The van der Waals surface area contributed by atoms with Gasteiger partial charge in [0.05, 0.1) is 18.3 Å². The molecule has 2 rings (SSSR count). The molecule has 0 saturated carbocycles. The van der Waals surface area contributed by atoms with Crippen LogP contribution in [0.4, 0.5) is 0 Å². The van der Waals surface area contributed by atoms with Gasteiger partial charge in [-0.25, -0.2) is 12.7 Å². The van der Waals surface area contributed by atoms with Crippen molar-refractivity contribution in [2.24, 2.45) is 11.8 Å². The van der Waals surface area contributed by atoms with Gasteiger partial charge < -0.3 is 9.47 Å². The molecule has 0 aromatic heterocycles. The summed E-state index contributed by atoms with van der Waals surface area (Å²) in [6.07, 6.45) is 1.08. The Bertz CT molecular complexity index is 429. The Labute approximate surface area is 114 Å². The monoisotopic (exact) mass is 291 g/mol. The third-order valence-corrected chi connectivity index (χ3v) is 6.36. The van der Waals surface area contributed by atoms with Crippen molar-refractivity contribution in [2.75, 3.05) is 33.4 Å². The maximum absolute atomic E-state index is 12.5. The molecule has 2 unspecified atom stereocenters. The minimum atomic E-state index is -3.32. The fourth-order valence-electron chi connectivity index (χ4n) is 2.77. The highest BCUT2D eigenvalue weighted by Gasteiger charge is 2.43. The Hall–Kier alpha value is -0.660. The number of esters is 1. The predicted octanol–water partition coefficient (Wildman–Crippen LogP) is 0.236. The van der Waals surface area contributed by atoms with E-state index in [2.05, 4.69) is 0 Å². The Morgan fingerprint density at radius 2 is 1.89 bits per heavy atom. The molecule has 2 atom stereocenters. The lowest BCUT2D eigenvalue weighted by atomic mass is 9.99. The van der Waals surface area contributed by atoms with Crippen LogP contribution in [-0.4, -0.2) is 57.4 Å². The van der Waals surface area contributed by atoms with E-state index in [1.165, 1.54) is 11.4 Å². The summed E-state index contributed by atoms with van der Waals surface area (Å²) in [4.78, 5) is 11.6. The molecule has 0 bridgehead atoms. The quantitative estimate of drug-likeness (QED) is 0.696. The van der Waals surface area contributed by atoms with Crippen molar-refractivity contribution in [3.63, 3.8) is 0 Å². The van der Waals surface area contributed by atoms with Crippen molar-refractivity contribution in [1.29, 1.82) is 0 Å². The number of hydrogen-bond donors (Lipinski definition) is 0. The van der Waals surface area contributed by atoms with Gasteiger partial charge in [0.1, 0.15) is 0 Å². The average molecular weight is 291 g/mol. The largest absolute Gasteiger partial charge is 0.469 e. The molecule has 6 nitrogen and oxygen atoms in total. The van der Waals surface area contributed by atoms with E-state index >= 15 is 0 Å². The van der Waals surface area contributed by atoms with Crippen molar-refractivity contribution in [2.45, 2.75) is 25.0 Å². The molecule has 2 heterocycles. The van der Waals surface area contributed by atoms with E-state index in [1.807, 2.05) is 6.92 Å². The van der Waals surface area contributed by atoms with Crippen molar-refractivity contribution in [3.8, 4) is 0 Å². The smallest absolute Gasteiger partial charge is 0.310 e. The van der Waals surface area contributed by atoms with Crippen LogP contribution < -0.4 is 0 Å². The van der Waals surface area contributed by atoms with Crippen LogP contribution >= 0.6 is 0 Å². The van der Waals surface area contributed by atoms with Crippen LogP contribution in [0.5, 0.6) is 0 Å². The van der Waals surface area contributed by atoms with Gasteiger partial charge in [0.15, 0.2) is 0 Å². The molecule has 2 saturated heterocycles. The summed E-state index contributed by atoms with van der Waals surface area (Å²) in [5, 5.41) is -0.371. The molecule has 2 aliphatic rings. The minimum absolute atomic E-state index is 0.00191. The van der Waals surface area contributed by atoms with Gasteiger partial charge in [-0.3, -0.25) is 4.79 Å². The summed E-state index contributed by atoms with van der Waals surface area (Å²) in [5.41, 5.74) is 0. The molecule has 0 amide bonds. The molecule has 19 heavy (non-hydrogen) atoms. The number of sulfonamides is 1. The van der Waals surface area contributed by atoms with Crippen LogP contribution in [0.2, 0.25) is 0 Å². The third kappa shape index (κ3) is 2.93. The van der Waals surface area contributed by atoms with Crippen LogP contribution in [0.1, 0.15) is 19.8 Å². The predicted molar refractivity (Wildman–Crippen MR) is 69.0 cm³/mol. The number of ether oxygens (including phenoxy) is 2. The van der Waals surface area contributed by atoms with Crippen LogP contribution in [0.15, 0.2) is 0 Å². The summed E-state index contributed by atoms with van der Waals surface area (Å²) < 4.78 is 36.4. The Morgan fingerprint density at radius 3 is 2.47 bits per heavy atom. The highest BCUT2D eigenvalue weighted by Crippen LogP contribution is 2.30. The SMILES string of the molecule is COC(=O)C1CN(S(=O)(=O)C2CCOCC2)CC1C. The highest BCUT2D eigenvalue weighted by atomic mass is 32.2. The van der Waals surface area contributed by atoms with Crippen molar-refractivity contribution >= 4 is 16.0 Å². The lowest BCUT2D eigenvalue weighted by molar-refractivity contribution is -0.145. The molecule has 0 radical (unpaired) electrons. The fourth-order valence-corrected chi connectivity index (χ4v) is 4.79. The third-order valence-electron chi connectivity index (χ3n) is 4.03. The Kier molecular flexibility index (Phi) is 4.47. The Balaban J connectivity index is 2.08. The van der Waals surface area contributed by atoms with Gasteiger partial charge >= 0.3 is 5.97 Å². The normalized spacial score (nSPS) is 30.4. The molecule has 2 fully saturated rings. The number of methoxy groups -OCH3 is 1. The van der Waals surface area contributed by atoms with Gasteiger partial charge in [0.2, 0.25) is 10.0 Å². The van der Waals surface area contributed by atoms with Gasteiger partial charge in [0.25, 0.3) is 0 Å². The van der Waals surface area contributed by atoms with Gasteiger partial charge in [0, 0.05) is 26.3 Å². The number of rotatable bonds is 3. The molecule has 2 aliphatic heterocycles. The summed E-state index contributed by atoms with van der Waals surface area (Å²) in [5.74, 6) is -0.668. The number of hydrogen-bond acceptors (Lipinski definition) is 5. The molecule has 0 aromatic rings. The average Bonchev–Trinajstić information content (AvgIpc) is 2.81. The lowest BCUT2D eigenvalue weighted by Gasteiger charge is -2.27. The number of nitrogens with zero attached hydrogens (tertiary/aromatic N) is 1. The highest BCUT2D eigenvalue weighted by molar-refractivity contribution is 7.89. The van der Waals surface area contributed by atoms with E-state index in [4.69, 9.17) is 9.47 Å². The molecular formula is C12H21NO5S. The maximum atomic E-state index is 12.5. The van der Waals surface area contributed by atoms with Crippen molar-refractivity contribution in [1.82, 2.24) is 4.31 Å². The number of carbonyl (C=O) groups is 1.